The van der Waals surface area contributed by atoms with Crippen LogP contribution in [0.15, 0.2) is 0 Å². The van der Waals surface area contributed by atoms with E-state index < -0.39 is 0 Å². The van der Waals surface area contributed by atoms with Crippen molar-refractivity contribution in [2.24, 2.45) is 0 Å². The average Bonchev–Trinajstić information content (AvgIpc) is 0. The van der Waals surface area contributed by atoms with Crippen LogP contribution in [-0.4, -0.2) is 108 Å². The molecular weight excluding hydrogens is 192 g/mol. The van der Waals surface area contributed by atoms with Crippen LogP contribution in [0.3, 0.4) is 0 Å². The zero-order valence-electron chi connectivity index (χ0n) is 1.22. The molecule has 0 fully saturated rings. The van der Waals surface area contributed by atoms with Crippen LogP contribution in [0, 0.1) is 0 Å². The Morgan fingerprint density at radius 1 is 0.667 bits per heavy atom. The fourth-order valence-corrected chi connectivity index (χ4v) is 0. The molecule has 0 saturated carbocycles. The van der Waals surface area contributed by atoms with Gasteiger partial charge in [0, 0.05) is 0 Å². The van der Waals surface area contributed by atoms with Crippen molar-refractivity contribution < 1.29 is 0 Å². The van der Waals surface area contributed by atoms with Crippen molar-refractivity contribution in [1.82, 2.24) is 0 Å². The predicted molar refractivity (Wildman–Crippen MR) is 44.6 cm³/mol. The van der Waals surface area contributed by atoms with Crippen LogP contribution in [0.5, 0.6) is 0 Å². The Morgan fingerprint density at radius 3 is 0.667 bits per heavy atom. The van der Waals surface area contributed by atoms with Gasteiger partial charge in [-0.15, -0.1) is 37.2 Å². The molecule has 6 heavy (non-hydrogen) atoms. The molecule has 0 spiro atoms. The molecule has 0 aliphatic rings. The van der Waals surface area contributed by atoms with Gasteiger partial charge in [0.25, 0.3) is 0 Å². The summed E-state index contributed by atoms with van der Waals surface area (Å²) in [4.78, 5) is 0. The van der Waals surface area contributed by atoms with Gasteiger partial charge in [-0.05, 0) is 0 Å². The van der Waals surface area contributed by atoms with Crippen molar-refractivity contribution >= 4 is 145 Å². The zero-order valence-corrected chi connectivity index (χ0v) is 3.67. The molecule has 0 amide bonds. The van der Waals surface area contributed by atoms with E-state index >= 15 is 0 Å². The van der Waals surface area contributed by atoms with Crippen molar-refractivity contribution in [2.45, 2.75) is 0 Å². The molecule has 0 aromatic heterocycles. The average molecular weight is 200 g/mol. The van der Waals surface area contributed by atoms with E-state index in [-0.39, 0.29) is 145 Å². The minimum atomic E-state index is 0. The first-order chi connectivity index (χ1) is 0. The van der Waals surface area contributed by atoms with Gasteiger partial charge in [0.15, 0.2) is 0 Å². The molecule has 32 valence electrons. The fraction of sp³-hybridized carbons (Fsp3) is 0. The molecule has 0 aromatic carbocycles. The summed E-state index contributed by atoms with van der Waals surface area (Å²) in [5.41, 5.74) is 0. The van der Waals surface area contributed by atoms with E-state index in [9.17, 15) is 0 Å². The van der Waals surface area contributed by atoms with Crippen LogP contribution in [0.25, 0.3) is 0 Å². The Labute approximate surface area is 141 Å². The summed E-state index contributed by atoms with van der Waals surface area (Å²) < 4.78 is 0. The second kappa shape index (κ2) is 34.4. The molecule has 0 nitrogen and oxygen atoms in total. The van der Waals surface area contributed by atoms with Gasteiger partial charge in [-0.3, -0.25) is 0 Å². The molecule has 0 saturated heterocycles. The minimum absolute atomic E-state index is 0. The van der Waals surface area contributed by atoms with Gasteiger partial charge in [0.2, 0.25) is 0 Å². The van der Waals surface area contributed by atoms with Gasteiger partial charge in [-0.1, -0.05) is 0 Å². The Morgan fingerprint density at radius 2 is 0.667 bits per heavy atom. The third-order valence-electron chi connectivity index (χ3n) is 0. The van der Waals surface area contributed by atoms with Crippen molar-refractivity contribution in [3.8, 4) is 0 Å². The summed E-state index contributed by atoms with van der Waals surface area (Å²) in [6.45, 7) is 0. The summed E-state index contributed by atoms with van der Waals surface area (Å²) in [5, 5.41) is 0. The van der Waals surface area contributed by atoms with E-state index in [1.54, 1.807) is 0 Å². The van der Waals surface area contributed by atoms with Crippen molar-refractivity contribution in [3.05, 3.63) is 0 Å². The van der Waals surface area contributed by atoms with Crippen LogP contribution in [-0.2, 0) is 0 Å². The molecule has 0 N–H and O–H groups in total. The van der Waals surface area contributed by atoms with E-state index in [0.29, 0.717) is 0 Å². The molecule has 0 unspecified atom stereocenters. The molecule has 0 rings (SSSR count). The summed E-state index contributed by atoms with van der Waals surface area (Å²) in [5.74, 6) is 0. The van der Waals surface area contributed by atoms with Crippen LogP contribution >= 0.6 is 37.2 Å². The Balaban J connectivity index is 0. The van der Waals surface area contributed by atoms with Crippen LogP contribution in [0.1, 0.15) is 0 Å². The summed E-state index contributed by atoms with van der Waals surface area (Å²) in [7, 11) is 0. The van der Waals surface area contributed by atoms with Gasteiger partial charge in [0.05, 0.1) is 0 Å². The van der Waals surface area contributed by atoms with E-state index in [0.717, 1.165) is 0 Å². The predicted octanol–water partition coefficient (Wildman–Crippen LogP) is -0.948. The SMILES string of the molecule is Cl.Cl.Cl.[CaH2].[KH].[LiH]. The number of hydrogen-bond donors (Lipinski definition) is 0. The van der Waals surface area contributed by atoms with E-state index in [2.05, 4.69) is 0 Å². The van der Waals surface area contributed by atoms with Crippen LogP contribution in [0.2, 0.25) is 0 Å². The van der Waals surface area contributed by atoms with E-state index in [1.165, 1.54) is 0 Å². The third-order valence-corrected chi connectivity index (χ3v) is 0. The van der Waals surface area contributed by atoms with Crippen LogP contribution < -0.4 is 0 Å². The number of halogens is 3. The second-order valence-corrected chi connectivity index (χ2v) is 0. The first-order valence-electron chi connectivity index (χ1n) is 0. The van der Waals surface area contributed by atoms with Crippen LogP contribution in [0.4, 0.5) is 0 Å². The molecular formula is H7CaCl3KLi. The second-order valence-electron chi connectivity index (χ2n) is 0. The molecule has 0 aromatic rings. The van der Waals surface area contributed by atoms with Gasteiger partial charge in [0.1, 0.15) is 0 Å². The maximum absolute atomic E-state index is 0. The molecule has 0 radical (unpaired) electrons. The van der Waals surface area contributed by atoms with Crippen molar-refractivity contribution in [2.75, 3.05) is 0 Å². The maximum atomic E-state index is 0. The standard InChI is InChI=1S/Ca.3ClH.K.Li.4H/h;3*1H;;;;;;. The summed E-state index contributed by atoms with van der Waals surface area (Å²) in [6, 6.07) is 0. The van der Waals surface area contributed by atoms with Gasteiger partial charge in [-0.25, -0.2) is 0 Å². The topological polar surface area (TPSA) is 0 Å². The van der Waals surface area contributed by atoms with Gasteiger partial charge in [-0.2, -0.15) is 0 Å². The Kier molecular flexibility index (Phi) is 274. The molecule has 0 aliphatic heterocycles. The molecule has 0 bridgehead atoms. The molecule has 6 heteroatoms. The van der Waals surface area contributed by atoms with E-state index in [1.807, 2.05) is 0 Å². The zero-order chi connectivity index (χ0) is 0. The Bertz CT molecular complexity index is 10.8. The molecule has 0 aliphatic carbocycles. The van der Waals surface area contributed by atoms with Crippen molar-refractivity contribution in [1.29, 1.82) is 0 Å². The quantitative estimate of drug-likeness (QED) is 0.442. The molecule has 0 atom stereocenters. The first-order valence-corrected chi connectivity index (χ1v) is 0. The third kappa shape index (κ3) is 23.8. The Hall–Kier alpha value is 4.36. The van der Waals surface area contributed by atoms with Crippen molar-refractivity contribution in [3.63, 3.8) is 0 Å². The molecule has 0 heterocycles. The first kappa shape index (κ1) is 47.7. The monoisotopic (exact) mass is 198 g/mol. The summed E-state index contributed by atoms with van der Waals surface area (Å²) >= 11 is 0. The normalized spacial score (nSPS) is 0. The van der Waals surface area contributed by atoms with E-state index in [4.69, 9.17) is 0 Å². The van der Waals surface area contributed by atoms with Gasteiger partial charge >= 0.3 is 108 Å². The number of rotatable bonds is 0. The summed E-state index contributed by atoms with van der Waals surface area (Å²) in [6.07, 6.45) is 0. The number of hydrogen-bond acceptors (Lipinski definition) is 0. The fourth-order valence-electron chi connectivity index (χ4n) is 0. The van der Waals surface area contributed by atoms with Gasteiger partial charge < -0.3 is 0 Å².